The molecule has 0 radical (unpaired) electrons. The molecule has 3 rings (SSSR count). The minimum Gasteiger partial charge on any atom is -0.304 e. The summed E-state index contributed by atoms with van der Waals surface area (Å²) in [5, 5.41) is 4.17. The average Bonchev–Trinajstić information content (AvgIpc) is 2.63. The molecule has 0 unspecified atom stereocenters. The van der Waals surface area contributed by atoms with E-state index in [2.05, 4.69) is 29.3 Å². The van der Waals surface area contributed by atoms with Crippen LogP contribution in [0.1, 0.15) is 0 Å². The number of hydrazine groups is 1. The van der Waals surface area contributed by atoms with Crippen LogP contribution in [0.4, 0.5) is 10.5 Å². The quantitative estimate of drug-likeness (QED) is 0.422. The molecule has 2 aromatic carbocycles. The number of urea groups is 1. The second kappa shape index (κ2) is 7.10. The van der Waals surface area contributed by atoms with Gasteiger partial charge in [-0.1, -0.05) is 49.1 Å². The molecule has 1 fully saturated rings. The van der Waals surface area contributed by atoms with Crippen molar-refractivity contribution in [1.82, 2.24) is 15.6 Å². The molecular formula is C19H18N4O3. The number of benzene rings is 2. The fourth-order valence-electron chi connectivity index (χ4n) is 2.78. The molecule has 0 saturated carbocycles. The van der Waals surface area contributed by atoms with Gasteiger partial charge in [0.1, 0.15) is 0 Å². The first-order valence-corrected chi connectivity index (χ1v) is 7.98. The van der Waals surface area contributed by atoms with Gasteiger partial charge in [0.15, 0.2) is 5.92 Å². The highest BCUT2D eigenvalue weighted by molar-refractivity contribution is 6.17. The van der Waals surface area contributed by atoms with Crippen LogP contribution in [0.2, 0.25) is 0 Å². The van der Waals surface area contributed by atoms with Gasteiger partial charge in [-0.25, -0.2) is 4.79 Å². The van der Waals surface area contributed by atoms with E-state index < -0.39 is 23.8 Å². The van der Waals surface area contributed by atoms with Crippen molar-refractivity contribution in [2.75, 3.05) is 12.0 Å². The third-order valence-corrected chi connectivity index (χ3v) is 4.06. The number of anilines is 1. The van der Waals surface area contributed by atoms with E-state index in [9.17, 15) is 14.4 Å². The largest absolute Gasteiger partial charge is 0.331 e. The van der Waals surface area contributed by atoms with E-state index in [0.29, 0.717) is 0 Å². The second-order valence-corrected chi connectivity index (χ2v) is 5.77. The number of amides is 4. The van der Waals surface area contributed by atoms with E-state index in [-0.39, 0.29) is 12.2 Å². The molecule has 4 amide bonds. The zero-order valence-electron chi connectivity index (χ0n) is 14.0. The first-order valence-electron chi connectivity index (χ1n) is 7.98. The van der Waals surface area contributed by atoms with E-state index in [4.69, 9.17) is 0 Å². The first kappa shape index (κ1) is 17.2. The second-order valence-electron chi connectivity index (χ2n) is 5.77. The molecule has 0 bridgehead atoms. The predicted octanol–water partition coefficient (Wildman–Crippen LogP) is 2.15. The minimum atomic E-state index is -1.21. The number of carbonyl (C=O) groups is 3. The first-order chi connectivity index (χ1) is 12.5. The standard InChI is InChI=1S/C19H18N4O3/c1-3-11-23-18(25)16(17(24)20-19(23)26)12(2)21-22-15-10-6-8-13-7-4-5-9-14(13)15/h3-10,16,21-22H,1-2,11H2,(H,20,24,26)/t16-/m0/s1. The number of nitrogens with zero attached hydrogens (tertiary/aromatic N) is 1. The SMILES string of the molecule is C=CCN1C(=O)NC(=O)[C@H](C(=C)NNc2cccc3ccccc23)C1=O. The van der Waals surface area contributed by atoms with Gasteiger partial charge in [-0.05, 0) is 11.5 Å². The smallest absolute Gasteiger partial charge is 0.304 e. The highest BCUT2D eigenvalue weighted by Gasteiger charge is 2.41. The molecule has 0 spiro atoms. The number of rotatable bonds is 6. The third kappa shape index (κ3) is 3.14. The van der Waals surface area contributed by atoms with Crippen molar-refractivity contribution in [2.24, 2.45) is 5.92 Å². The number of nitrogens with one attached hydrogen (secondary N) is 3. The topological polar surface area (TPSA) is 90.5 Å². The molecular weight excluding hydrogens is 332 g/mol. The van der Waals surface area contributed by atoms with Crippen LogP contribution in [0, 0.1) is 5.92 Å². The Morgan fingerprint density at radius 3 is 2.65 bits per heavy atom. The lowest BCUT2D eigenvalue weighted by Crippen LogP contribution is -2.59. The number of fused-ring (bicyclic) bond motifs is 1. The summed E-state index contributed by atoms with van der Waals surface area (Å²) in [7, 11) is 0. The molecule has 1 saturated heterocycles. The molecule has 0 aliphatic carbocycles. The Bertz CT molecular complexity index is 917. The molecule has 1 aliphatic heterocycles. The van der Waals surface area contributed by atoms with E-state index in [1.54, 1.807) is 0 Å². The maximum absolute atomic E-state index is 12.5. The summed E-state index contributed by atoms with van der Waals surface area (Å²) in [5.41, 5.74) is 6.70. The van der Waals surface area contributed by atoms with Crippen molar-refractivity contribution >= 4 is 34.3 Å². The predicted molar refractivity (Wildman–Crippen MR) is 98.8 cm³/mol. The van der Waals surface area contributed by atoms with Crippen LogP contribution in [0.25, 0.3) is 10.8 Å². The molecule has 1 aliphatic rings. The van der Waals surface area contributed by atoms with E-state index >= 15 is 0 Å². The van der Waals surface area contributed by atoms with E-state index in [0.717, 1.165) is 21.4 Å². The highest BCUT2D eigenvalue weighted by atomic mass is 16.2. The average molecular weight is 350 g/mol. The van der Waals surface area contributed by atoms with Gasteiger partial charge in [0, 0.05) is 17.6 Å². The van der Waals surface area contributed by atoms with Crippen LogP contribution >= 0.6 is 0 Å². The normalized spacial score (nSPS) is 17.0. The summed E-state index contributed by atoms with van der Waals surface area (Å²) in [4.78, 5) is 37.2. The fourth-order valence-corrected chi connectivity index (χ4v) is 2.78. The van der Waals surface area contributed by atoms with E-state index in [1.165, 1.54) is 6.08 Å². The van der Waals surface area contributed by atoms with Gasteiger partial charge in [-0.3, -0.25) is 19.8 Å². The van der Waals surface area contributed by atoms with Crippen LogP contribution in [0.15, 0.2) is 67.4 Å². The maximum atomic E-state index is 12.5. The molecule has 132 valence electrons. The minimum absolute atomic E-state index is 0.0124. The molecule has 2 aromatic rings. The van der Waals surface area contributed by atoms with Gasteiger partial charge in [0.25, 0.3) is 0 Å². The zero-order valence-corrected chi connectivity index (χ0v) is 14.0. The lowest BCUT2D eigenvalue weighted by Gasteiger charge is -2.30. The van der Waals surface area contributed by atoms with Gasteiger partial charge >= 0.3 is 6.03 Å². The van der Waals surface area contributed by atoms with Gasteiger partial charge in [-0.15, -0.1) is 6.58 Å². The summed E-state index contributed by atoms with van der Waals surface area (Å²) in [6, 6.07) is 12.7. The Kier molecular flexibility index (Phi) is 4.70. The van der Waals surface area contributed by atoms with Crippen molar-refractivity contribution in [3.05, 3.63) is 67.4 Å². The van der Waals surface area contributed by atoms with Crippen LogP contribution in [-0.4, -0.2) is 29.3 Å². The Hall–Kier alpha value is -3.61. The van der Waals surface area contributed by atoms with Crippen LogP contribution in [-0.2, 0) is 9.59 Å². The Labute approximate surface area is 150 Å². The summed E-state index contributed by atoms with van der Waals surface area (Å²) in [6.45, 7) is 7.30. The van der Waals surface area contributed by atoms with Crippen LogP contribution in [0.3, 0.4) is 0 Å². The van der Waals surface area contributed by atoms with Crippen LogP contribution in [0.5, 0.6) is 0 Å². The number of hydrogen-bond donors (Lipinski definition) is 3. The lowest BCUT2D eigenvalue weighted by molar-refractivity contribution is -0.140. The van der Waals surface area contributed by atoms with Gasteiger partial charge in [0.05, 0.1) is 5.69 Å². The highest BCUT2D eigenvalue weighted by Crippen LogP contribution is 2.23. The number of barbiturate groups is 1. The fraction of sp³-hybridized carbons (Fsp3) is 0.105. The monoisotopic (exact) mass is 350 g/mol. The van der Waals surface area contributed by atoms with Gasteiger partial charge in [-0.2, -0.15) is 0 Å². The Morgan fingerprint density at radius 1 is 1.15 bits per heavy atom. The summed E-state index contributed by atoms with van der Waals surface area (Å²) < 4.78 is 0. The maximum Gasteiger partial charge on any atom is 0.331 e. The Morgan fingerprint density at radius 2 is 1.88 bits per heavy atom. The number of hydrogen-bond acceptors (Lipinski definition) is 5. The van der Waals surface area contributed by atoms with Crippen LogP contribution < -0.4 is 16.2 Å². The Balaban J connectivity index is 1.76. The molecule has 3 N–H and O–H groups in total. The number of imide groups is 2. The van der Waals surface area contributed by atoms with Crippen molar-refractivity contribution in [3.63, 3.8) is 0 Å². The number of carbonyl (C=O) groups excluding carboxylic acids is 3. The summed E-state index contributed by atoms with van der Waals surface area (Å²) >= 11 is 0. The third-order valence-electron chi connectivity index (χ3n) is 4.06. The van der Waals surface area contributed by atoms with Gasteiger partial charge in [0.2, 0.25) is 11.8 Å². The molecule has 7 nitrogen and oxygen atoms in total. The summed E-state index contributed by atoms with van der Waals surface area (Å²) in [5.74, 6) is -2.57. The van der Waals surface area contributed by atoms with E-state index in [1.807, 2.05) is 42.5 Å². The molecule has 1 atom stereocenters. The zero-order chi connectivity index (χ0) is 18.7. The van der Waals surface area contributed by atoms with Gasteiger partial charge < -0.3 is 10.9 Å². The molecule has 0 aromatic heterocycles. The van der Waals surface area contributed by atoms with Crippen molar-refractivity contribution in [2.45, 2.75) is 0 Å². The van der Waals surface area contributed by atoms with Crippen molar-refractivity contribution in [3.8, 4) is 0 Å². The lowest BCUT2D eigenvalue weighted by atomic mass is 10.0. The molecule has 1 heterocycles. The van der Waals surface area contributed by atoms with Crippen molar-refractivity contribution in [1.29, 1.82) is 0 Å². The summed E-state index contributed by atoms with van der Waals surface area (Å²) in [6.07, 6.45) is 1.41. The molecule has 26 heavy (non-hydrogen) atoms. The van der Waals surface area contributed by atoms with Crippen molar-refractivity contribution < 1.29 is 14.4 Å². The molecule has 7 heteroatoms.